The number of ether oxygens (including phenoxy) is 3. The molecule has 0 spiro atoms. The summed E-state index contributed by atoms with van der Waals surface area (Å²) in [6.07, 6.45) is 71.4. The Morgan fingerprint density at radius 1 is 0.362 bits per heavy atom. The third-order valence-electron chi connectivity index (χ3n) is 14.1. The molecule has 2 N–H and O–H groups in total. The minimum absolute atomic E-state index is 0.156. The number of phosphoric ester groups is 1. The van der Waals surface area contributed by atoms with Crippen molar-refractivity contribution in [1.82, 2.24) is 0 Å². The Bertz CT molecular complexity index is 1620. The van der Waals surface area contributed by atoms with Crippen LogP contribution >= 0.6 is 7.82 Å². The lowest BCUT2D eigenvalue weighted by Gasteiger charge is -2.21. The highest BCUT2D eigenvalue weighted by molar-refractivity contribution is 7.47. The summed E-state index contributed by atoms with van der Waals surface area (Å²) in [4.78, 5) is 48.8. The van der Waals surface area contributed by atoms with Crippen LogP contribution in [-0.2, 0) is 42.2 Å². The fourth-order valence-corrected chi connectivity index (χ4v) is 9.89. The molecule has 3 atom stereocenters. The van der Waals surface area contributed by atoms with Crippen LogP contribution in [0.2, 0.25) is 0 Å². The fraction of sp³-hybridized carbons (Fsp3) is 0.779. The summed E-state index contributed by atoms with van der Waals surface area (Å²) in [5.41, 5.74) is 0. The van der Waals surface area contributed by atoms with Crippen molar-refractivity contribution in [1.29, 1.82) is 0 Å². The summed E-state index contributed by atoms with van der Waals surface area (Å²) in [5, 5.41) is 9.86. The molecule has 0 aromatic heterocycles. The first-order chi connectivity index (χ1) is 39.2. The molecular weight excluding hydrogens is 1020 g/mol. The fourth-order valence-electron chi connectivity index (χ4n) is 9.10. The number of carbonyl (C=O) groups excluding carboxylic acids is 3. The van der Waals surface area contributed by atoms with E-state index in [1.54, 1.807) is 0 Å². The molecule has 0 fully saturated rings. The Labute approximate surface area is 490 Å². The van der Waals surface area contributed by atoms with Gasteiger partial charge in [-0.3, -0.25) is 23.4 Å². The van der Waals surface area contributed by atoms with Gasteiger partial charge in [0.2, 0.25) is 0 Å². The van der Waals surface area contributed by atoms with Crippen LogP contribution in [0.4, 0.5) is 0 Å². The van der Waals surface area contributed by atoms with E-state index in [0.29, 0.717) is 19.3 Å². The van der Waals surface area contributed by atoms with Gasteiger partial charge in [0, 0.05) is 19.3 Å². The normalized spacial score (nSPS) is 13.7. The van der Waals surface area contributed by atoms with E-state index in [4.69, 9.17) is 23.3 Å². The van der Waals surface area contributed by atoms with Crippen molar-refractivity contribution in [2.24, 2.45) is 0 Å². The highest BCUT2D eigenvalue weighted by Crippen LogP contribution is 2.43. The molecule has 0 amide bonds. The second kappa shape index (κ2) is 62.0. The van der Waals surface area contributed by atoms with Crippen molar-refractivity contribution in [3.63, 3.8) is 0 Å². The van der Waals surface area contributed by atoms with Gasteiger partial charge in [0.15, 0.2) is 6.10 Å². The van der Waals surface area contributed by atoms with Gasteiger partial charge in [0.05, 0.1) is 19.8 Å². The van der Waals surface area contributed by atoms with Gasteiger partial charge in [-0.1, -0.05) is 248 Å². The van der Waals surface area contributed by atoms with E-state index in [0.717, 1.165) is 77.0 Å². The number of unbranched alkanes of at least 4 members (excludes halogenated alkanes) is 32. The van der Waals surface area contributed by atoms with E-state index in [-0.39, 0.29) is 25.9 Å². The van der Waals surface area contributed by atoms with Crippen molar-refractivity contribution in [3.8, 4) is 0 Å². The van der Waals surface area contributed by atoms with Gasteiger partial charge >= 0.3 is 25.7 Å². The van der Waals surface area contributed by atoms with Gasteiger partial charge in [-0.2, -0.15) is 0 Å². The van der Waals surface area contributed by atoms with Crippen LogP contribution in [0, 0.1) is 0 Å². The Hall–Kier alpha value is -3.08. The Morgan fingerprint density at radius 3 is 1.04 bits per heavy atom. The van der Waals surface area contributed by atoms with Crippen molar-refractivity contribution in [2.75, 3.05) is 26.4 Å². The third-order valence-corrected chi connectivity index (χ3v) is 15.0. The molecule has 0 saturated heterocycles. The zero-order valence-corrected chi connectivity index (χ0v) is 52.4. The monoisotopic (exact) mass is 1140 g/mol. The van der Waals surface area contributed by atoms with E-state index in [2.05, 4.69) is 93.7 Å². The molecule has 0 aliphatic rings. The molecule has 0 bridgehead atoms. The van der Waals surface area contributed by atoms with Crippen LogP contribution < -0.4 is 0 Å². The van der Waals surface area contributed by atoms with Crippen LogP contribution in [0.3, 0.4) is 0 Å². The minimum Gasteiger partial charge on any atom is -0.462 e. The number of phosphoric acid groups is 1. The summed E-state index contributed by atoms with van der Waals surface area (Å²) in [6.45, 7) is 4.52. The van der Waals surface area contributed by atoms with Crippen LogP contribution in [0.25, 0.3) is 0 Å². The minimum atomic E-state index is -4.77. The van der Waals surface area contributed by atoms with Gasteiger partial charge in [-0.05, 0) is 109 Å². The zero-order valence-electron chi connectivity index (χ0n) is 51.5. The van der Waals surface area contributed by atoms with E-state index >= 15 is 0 Å². The molecule has 0 saturated carbocycles. The number of aliphatic hydroxyl groups is 1. The first-order valence-corrected chi connectivity index (χ1v) is 34.3. The lowest BCUT2D eigenvalue weighted by molar-refractivity contribution is -0.161. The Morgan fingerprint density at radius 2 is 0.650 bits per heavy atom. The molecule has 0 heterocycles. The molecule has 3 unspecified atom stereocenters. The van der Waals surface area contributed by atoms with Gasteiger partial charge in [-0.15, -0.1) is 0 Å². The van der Waals surface area contributed by atoms with E-state index in [9.17, 15) is 28.9 Å². The summed E-state index contributed by atoms with van der Waals surface area (Å²) >= 11 is 0. The molecule has 0 aromatic carbocycles. The maximum atomic E-state index is 13.0. The lowest BCUT2D eigenvalue weighted by atomic mass is 10.1. The second-order valence-corrected chi connectivity index (χ2v) is 23.3. The molecule has 0 radical (unpaired) electrons. The van der Waals surface area contributed by atoms with Crippen LogP contribution in [0.15, 0.2) is 72.9 Å². The quantitative estimate of drug-likeness (QED) is 0.0197. The second-order valence-electron chi connectivity index (χ2n) is 21.9. The maximum Gasteiger partial charge on any atom is 0.472 e. The average Bonchev–Trinajstić information content (AvgIpc) is 3.45. The molecule has 0 aromatic rings. The lowest BCUT2D eigenvalue weighted by Crippen LogP contribution is -2.30. The standard InChI is InChI=1S/C68H121O11P/c1-4-7-10-13-16-19-22-25-28-30-32-34-37-40-43-46-49-52-55-58-67(71)78-64(60-69)62-76-80(73,74)77-63-65(61-75-66(70)57-54-51-48-45-42-39-36-27-24-21-18-15-12-9-6-3)79-68(72)59-56-53-50-47-44-41-38-35-33-31-29-26-23-20-17-14-11-8-5-2/h9,12,18,21,25-29,36,42,45,64-65,69H,4-8,10-11,13-17,19-20,22-24,30-35,37-41,43-44,46-63H2,1-3H3,(H,73,74)/b12-9-,21-18-,28-25-,29-26-,36-27-,45-42-. The SMILES string of the molecule is CC/C=C\C/C=C\C/C=C\C/C=C\CCCCC(=O)OCC(COP(=O)(O)OCC(CO)OC(=O)CCCCCCCCCCC/C=C\CCCCCCCC)OC(=O)CCCCCCCCCCC/C=C\CCCCCCCC. The summed E-state index contributed by atoms with van der Waals surface area (Å²) < 4.78 is 39.7. The molecule has 12 heteroatoms. The van der Waals surface area contributed by atoms with Crippen molar-refractivity contribution in [3.05, 3.63) is 72.9 Å². The van der Waals surface area contributed by atoms with Gasteiger partial charge in [0.1, 0.15) is 12.7 Å². The topological polar surface area (TPSA) is 155 Å². The smallest absolute Gasteiger partial charge is 0.462 e. The van der Waals surface area contributed by atoms with Gasteiger partial charge in [-0.25, -0.2) is 4.57 Å². The third kappa shape index (κ3) is 59.5. The number of allylic oxidation sites excluding steroid dienone is 12. The molecule has 11 nitrogen and oxygen atoms in total. The first-order valence-electron chi connectivity index (χ1n) is 32.8. The van der Waals surface area contributed by atoms with E-state index in [1.165, 1.54) is 167 Å². The number of esters is 3. The largest absolute Gasteiger partial charge is 0.472 e. The predicted octanol–water partition coefficient (Wildman–Crippen LogP) is 20.0. The van der Waals surface area contributed by atoms with Crippen LogP contribution in [0.5, 0.6) is 0 Å². The molecule has 0 rings (SSSR count). The zero-order chi connectivity index (χ0) is 58.3. The Kier molecular flexibility index (Phi) is 59.6. The molecular formula is C68H121O11P. The average molecular weight is 1150 g/mol. The number of carbonyl (C=O) groups is 3. The first kappa shape index (κ1) is 76.9. The molecule has 0 aliphatic carbocycles. The molecule has 464 valence electrons. The summed E-state index contributed by atoms with van der Waals surface area (Å²) in [5.74, 6) is -1.51. The van der Waals surface area contributed by atoms with Crippen molar-refractivity contribution >= 4 is 25.7 Å². The van der Waals surface area contributed by atoms with Crippen molar-refractivity contribution < 1.29 is 52.2 Å². The number of rotatable bonds is 61. The van der Waals surface area contributed by atoms with Crippen LogP contribution in [0.1, 0.15) is 303 Å². The summed E-state index contributed by atoms with van der Waals surface area (Å²) in [7, 11) is -4.77. The van der Waals surface area contributed by atoms with Gasteiger partial charge in [0.25, 0.3) is 0 Å². The highest BCUT2D eigenvalue weighted by Gasteiger charge is 2.28. The van der Waals surface area contributed by atoms with E-state index < -0.39 is 57.8 Å². The van der Waals surface area contributed by atoms with Crippen molar-refractivity contribution in [2.45, 2.75) is 315 Å². The Balaban J connectivity index is 4.69. The number of hydrogen-bond acceptors (Lipinski definition) is 10. The predicted molar refractivity (Wildman–Crippen MR) is 335 cm³/mol. The van der Waals surface area contributed by atoms with E-state index in [1.807, 2.05) is 0 Å². The summed E-state index contributed by atoms with van der Waals surface area (Å²) in [6, 6.07) is 0. The molecule has 0 aliphatic heterocycles. The maximum absolute atomic E-state index is 13.0. The van der Waals surface area contributed by atoms with Crippen LogP contribution in [-0.4, -0.2) is 66.5 Å². The highest BCUT2D eigenvalue weighted by atomic mass is 31.2. The molecule has 80 heavy (non-hydrogen) atoms. The number of aliphatic hydroxyl groups excluding tert-OH is 1. The number of hydrogen-bond donors (Lipinski definition) is 2. The van der Waals surface area contributed by atoms with Gasteiger partial charge < -0.3 is 24.2 Å².